The van der Waals surface area contributed by atoms with E-state index >= 15 is 0 Å². The van der Waals surface area contributed by atoms with Gasteiger partial charge in [0.2, 0.25) is 17.8 Å². The highest BCUT2D eigenvalue weighted by molar-refractivity contribution is 5.78. The molecule has 3 N–H and O–H groups in total. The molecule has 2 rings (SSSR count). The summed E-state index contributed by atoms with van der Waals surface area (Å²) in [6, 6.07) is 0.0506. The SMILES string of the molecule is CNC(=O)C1CCN([C@@H](C)c2nc(N)nc(N(C)C)n2)CC1. The number of hydrogen-bond donors (Lipinski definition) is 2. The Labute approximate surface area is 131 Å². The molecule has 1 amide bonds. The van der Waals surface area contributed by atoms with Crippen molar-refractivity contribution in [3.8, 4) is 0 Å². The van der Waals surface area contributed by atoms with Gasteiger partial charge in [0.1, 0.15) is 0 Å². The number of nitrogens with one attached hydrogen (secondary N) is 1. The Balaban J connectivity index is 2.06. The summed E-state index contributed by atoms with van der Waals surface area (Å²) in [4.78, 5) is 28.7. The Morgan fingerprint density at radius 2 is 1.95 bits per heavy atom. The quantitative estimate of drug-likeness (QED) is 0.810. The van der Waals surface area contributed by atoms with Crippen LogP contribution in [0.15, 0.2) is 0 Å². The largest absolute Gasteiger partial charge is 0.368 e. The van der Waals surface area contributed by atoms with Crippen LogP contribution in [0.4, 0.5) is 11.9 Å². The molecular weight excluding hydrogens is 282 g/mol. The van der Waals surface area contributed by atoms with Gasteiger partial charge in [-0.25, -0.2) is 0 Å². The lowest BCUT2D eigenvalue weighted by atomic mass is 9.95. The van der Waals surface area contributed by atoms with Crippen LogP contribution in [0.2, 0.25) is 0 Å². The number of nitrogens with two attached hydrogens (primary N) is 1. The van der Waals surface area contributed by atoms with Gasteiger partial charge in [0.15, 0.2) is 5.82 Å². The molecule has 0 saturated carbocycles. The van der Waals surface area contributed by atoms with Gasteiger partial charge in [-0.15, -0.1) is 0 Å². The molecule has 1 atom stereocenters. The number of carbonyl (C=O) groups is 1. The molecule has 0 aliphatic carbocycles. The maximum atomic E-state index is 11.7. The average Bonchev–Trinajstić information content (AvgIpc) is 2.53. The van der Waals surface area contributed by atoms with Crippen molar-refractivity contribution in [1.29, 1.82) is 0 Å². The summed E-state index contributed by atoms with van der Waals surface area (Å²) in [5.74, 6) is 1.71. The molecule has 1 saturated heterocycles. The zero-order chi connectivity index (χ0) is 16.3. The van der Waals surface area contributed by atoms with E-state index in [1.165, 1.54) is 0 Å². The zero-order valence-corrected chi connectivity index (χ0v) is 13.7. The monoisotopic (exact) mass is 307 g/mol. The first-order valence-corrected chi connectivity index (χ1v) is 7.56. The third-order valence-corrected chi connectivity index (χ3v) is 4.13. The van der Waals surface area contributed by atoms with Crippen molar-refractivity contribution in [3.63, 3.8) is 0 Å². The van der Waals surface area contributed by atoms with Crippen molar-refractivity contribution < 1.29 is 4.79 Å². The number of carbonyl (C=O) groups excluding carboxylic acids is 1. The third-order valence-electron chi connectivity index (χ3n) is 4.13. The number of amides is 1. The summed E-state index contributed by atoms with van der Waals surface area (Å²) >= 11 is 0. The van der Waals surface area contributed by atoms with Gasteiger partial charge in [-0.3, -0.25) is 9.69 Å². The number of nitrogens with zero attached hydrogens (tertiary/aromatic N) is 5. The summed E-state index contributed by atoms with van der Waals surface area (Å²) in [6.45, 7) is 3.76. The van der Waals surface area contributed by atoms with Crippen LogP contribution in [0.5, 0.6) is 0 Å². The second-order valence-corrected chi connectivity index (χ2v) is 5.85. The molecule has 0 spiro atoms. The van der Waals surface area contributed by atoms with Crippen LogP contribution < -0.4 is 16.0 Å². The maximum absolute atomic E-state index is 11.7. The van der Waals surface area contributed by atoms with Gasteiger partial charge in [0.25, 0.3) is 0 Å². The van der Waals surface area contributed by atoms with Crippen molar-refractivity contribution >= 4 is 17.8 Å². The van der Waals surface area contributed by atoms with E-state index in [0.717, 1.165) is 25.9 Å². The number of piperidine rings is 1. The van der Waals surface area contributed by atoms with Crippen LogP contribution in [-0.4, -0.2) is 60.0 Å². The predicted octanol–water partition coefficient (Wildman–Crippen LogP) is 0.0388. The summed E-state index contributed by atoms with van der Waals surface area (Å²) in [6.07, 6.45) is 1.70. The maximum Gasteiger partial charge on any atom is 0.229 e. The Kier molecular flexibility index (Phi) is 5.12. The normalized spacial score (nSPS) is 18.0. The lowest BCUT2D eigenvalue weighted by molar-refractivity contribution is -0.126. The van der Waals surface area contributed by atoms with Crippen LogP contribution in [-0.2, 0) is 4.79 Å². The fraction of sp³-hybridized carbons (Fsp3) is 0.714. The third kappa shape index (κ3) is 3.62. The summed E-state index contributed by atoms with van der Waals surface area (Å²) in [5, 5.41) is 2.73. The van der Waals surface area contributed by atoms with Crippen LogP contribution in [0.3, 0.4) is 0 Å². The highest BCUT2D eigenvalue weighted by atomic mass is 16.1. The second kappa shape index (κ2) is 6.87. The zero-order valence-electron chi connectivity index (χ0n) is 13.7. The van der Waals surface area contributed by atoms with Gasteiger partial charge in [-0.05, 0) is 32.9 Å². The molecule has 0 radical (unpaired) electrons. The van der Waals surface area contributed by atoms with E-state index in [2.05, 4.69) is 32.1 Å². The van der Waals surface area contributed by atoms with Gasteiger partial charge in [0.05, 0.1) is 6.04 Å². The van der Waals surface area contributed by atoms with Gasteiger partial charge >= 0.3 is 0 Å². The molecule has 1 aromatic rings. The Morgan fingerprint density at radius 3 is 2.50 bits per heavy atom. The van der Waals surface area contributed by atoms with Crippen molar-refractivity contribution in [2.45, 2.75) is 25.8 Å². The first kappa shape index (κ1) is 16.4. The summed E-state index contributed by atoms with van der Waals surface area (Å²) in [5.41, 5.74) is 5.78. The van der Waals surface area contributed by atoms with E-state index in [0.29, 0.717) is 11.8 Å². The fourth-order valence-corrected chi connectivity index (χ4v) is 2.70. The van der Waals surface area contributed by atoms with Crippen LogP contribution in [0.1, 0.15) is 31.6 Å². The number of hydrogen-bond acceptors (Lipinski definition) is 7. The van der Waals surface area contributed by atoms with E-state index in [9.17, 15) is 4.79 Å². The Bertz CT molecular complexity index is 526. The number of aromatic nitrogens is 3. The lowest BCUT2D eigenvalue weighted by Gasteiger charge is -2.34. The Hall–Kier alpha value is -1.96. The van der Waals surface area contributed by atoms with Crippen LogP contribution in [0, 0.1) is 5.92 Å². The number of nitrogen functional groups attached to an aromatic ring is 1. The molecular formula is C14H25N7O. The van der Waals surface area contributed by atoms with E-state index in [1.54, 1.807) is 7.05 Å². The highest BCUT2D eigenvalue weighted by Gasteiger charge is 2.28. The molecule has 1 aromatic heterocycles. The molecule has 0 unspecified atom stereocenters. The van der Waals surface area contributed by atoms with E-state index in [-0.39, 0.29) is 23.8 Å². The fourth-order valence-electron chi connectivity index (χ4n) is 2.70. The molecule has 8 heteroatoms. The minimum absolute atomic E-state index is 0.0506. The van der Waals surface area contributed by atoms with E-state index in [1.807, 2.05) is 19.0 Å². The van der Waals surface area contributed by atoms with Gasteiger partial charge in [0, 0.05) is 27.1 Å². The molecule has 2 heterocycles. The predicted molar refractivity (Wildman–Crippen MR) is 85.3 cm³/mol. The van der Waals surface area contributed by atoms with Gasteiger partial charge in [-0.1, -0.05) is 0 Å². The highest BCUT2D eigenvalue weighted by Crippen LogP contribution is 2.25. The summed E-state index contributed by atoms with van der Waals surface area (Å²) in [7, 11) is 5.43. The first-order valence-electron chi connectivity index (χ1n) is 7.56. The second-order valence-electron chi connectivity index (χ2n) is 5.85. The topological polar surface area (TPSA) is 100 Å². The van der Waals surface area contributed by atoms with Crippen LogP contribution >= 0.6 is 0 Å². The van der Waals surface area contributed by atoms with Gasteiger partial charge in [-0.2, -0.15) is 15.0 Å². The lowest BCUT2D eigenvalue weighted by Crippen LogP contribution is -2.41. The smallest absolute Gasteiger partial charge is 0.229 e. The number of anilines is 2. The molecule has 1 aliphatic heterocycles. The average molecular weight is 307 g/mol. The molecule has 1 aliphatic rings. The molecule has 0 bridgehead atoms. The van der Waals surface area contributed by atoms with Crippen molar-refractivity contribution in [1.82, 2.24) is 25.2 Å². The molecule has 22 heavy (non-hydrogen) atoms. The summed E-state index contributed by atoms with van der Waals surface area (Å²) < 4.78 is 0. The minimum atomic E-state index is 0.0506. The van der Waals surface area contributed by atoms with Crippen molar-refractivity contribution in [3.05, 3.63) is 5.82 Å². The number of likely N-dealkylation sites (tertiary alicyclic amines) is 1. The van der Waals surface area contributed by atoms with Gasteiger partial charge < -0.3 is 16.0 Å². The van der Waals surface area contributed by atoms with Crippen molar-refractivity contribution in [2.75, 3.05) is 44.9 Å². The molecule has 0 aromatic carbocycles. The van der Waals surface area contributed by atoms with E-state index in [4.69, 9.17) is 5.73 Å². The van der Waals surface area contributed by atoms with E-state index < -0.39 is 0 Å². The first-order chi connectivity index (χ1) is 10.4. The molecule has 8 nitrogen and oxygen atoms in total. The standard InChI is InChI=1S/C14H25N7O/c1-9(11-17-13(15)19-14(18-11)20(3)4)21-7-5-10(6-8-21)12(22)16-2/h9-10H,5-8H2,1-4H3,(H,16,22)(H2,15,17,18,19)/t9-/m0/s1. The molecule has 122 valence electrons. The number of rotatable bonds is 4. The minimum Gasteiger partial charge on any atom is -0.368 e. The molecule has 1 fully saturated rings. The van der Waals surface area contributed by atoms with Crippen molar-refractivity contribution in [2.24, 2.45) is 5.92 Å². The van der Waals surface area contributed by atoms with Crippen LogP contribution in [0.25, 0.3) is 0 Å². The Morgan fingerprint density at radius 1 is 1.32 bits per heavy atom.